The monoisotopic (exact) mass is 428 g/mol. The molecule has 1 aromatic rings. The molecule has 4 rings (SSSR count). The Morgan fingerprint density at radius 2 is 1.71 bits per heavy atom. The van der Waals surface area contributed by atoms with Gasteiger partial charge in [-0.1, -0.05) is 6.92 Å². The first-order valence-electron chi connectivity index (χ1n) is 10.4. The third-order valence-corrected chi connectivity index (χ3v) is 5.94. The van der Waals surface area contributed by atoms with Gasteiger partial charge in [-0.05, 0) is 24.6 Å². The number of nitrogens with zero attached hydrogens (tertiary/aromatic N) is 5. The fraction of sp³-hybridized carbons (Fsp3) is 0.476. The van der Waals surface area contributed by atoms with Crippen molar-refractivity contribution >= 4 is 29.6 Å². The maximum atomic E-state index is 13.4. The minimum Gasteiger partial charge on any atom is -0.459 e. The first-order valence-corrected chi connectivity index (χ1v) is 10.4. The molecule has 0 radical (unpaired) electrons. The molecule has 10 nitrogen and oxygen atoms in total. The predicted molar refractivity (Wildman–Crippen MR) is 109 cm³/mol. The van der Waals surface area contributed by atoms with Crippen LogP contribution in [0.5, 0.6) is 0 Å². The SMILES string of the molecule is CCC[N+]1=C2C(C=C1C(=O)N1CCN(C(=O)c3ccco3)CC1)C(=O)N(C)C(=O)N2C. The van der Waals surface area contributed by atoms with Crippen LogP contribution >= 0.6 is 0 Å². The van der Waals surface area contributed by atoms with Gasteiger partial charge in [-0.3, -0.25) is 14.4 Å². The molecule has 4 heterocycles. The lowest BCUT2D eigenvalue weighted by atomic mass is 10.0. The van der Waals surface area contributed by atoms with E-state index in [-0.39, 0.29) is 23.5 Å². The largest absolute Gasteiger partial charge is 0.459 e. The smallest absolute Gasteiger partial charge is 0.417 e. The zero-order chi connectivity index (χ0) is 22.3. The standard InChI is InChI=1S/C21H26N5O5/c1-4-7-26-15(13-14-17(26)22(2)21(30)23(3)18(14)27)19(28)24-8-10-25(11-9-24)20(29)16-6-5-12-31-16/h5-6,12-14H,4,7-11H2,1-3H3/q+1. The van der Waals surface area contributed by atoms with Gasteiger partial charge in [-0.25, -0.2) is 14.3 Å². The first kappa shape index (κ1) is 20.8. The van der Waals surface area contributed by atoms with Crippen LogP contribution in [0.1, 0.15) is 23.9 Å². The van der Waals surface area contributed by atoms with Gasteiger partial charge < -0.3 is 14.2 Å². The van der Waals surface area contributed by atoms with Crippen molar-refractivity contribution in [1.82, 2.24) is 19.6 Å². The van der Waals surface area contributed by atoms with Crippen molar-refractivity contribution in [3.63, 3.8) is 0 Å². The fourth-order valence-electron chi connectivity index (χ4n) is 4.29. The molecule has 31 heavy (non-hydrogen) atoms. The number of carbonyl (C=O) groups is 4. The number of hydrogen-bond acceptors (Lipinski definition) is 5. The molecular formula is C21H26N5O5+. The molecule has 0 aliphatic carbocycles. The lowest BCUT2D eigenvalue weighted by Crippen LogP contribution is -2.57. The zero-order valence-electron chi connectivity index (χ0n) is 17.9. The fourth-order valence-corrected chi connectivity index (χ4v) is 4.29. The lowest BCUT2D eigenvalue weighted by Gasteiger charge is -2.34. The summed E-state index contributed by atoms with van der Waals surface area (Å²) in [5.74, 6) is -0.569. The van der Waals surface area contributed by atoms with Crippen LogP contribution < -0.4 is 0 Å². The maximum Gasteiger partial charge on any atom is 0.417 e. The Balaban J connectivity index is 1.53. The molecule has 164 valence electrons. The van der Waals surface area contributed by atoms with Gasteiger partial charge in [0.25, 0.3) is 23.6 Å². The molecule has 1 aromatic heterocycles. The van der Waals surface area contributed by atoms with Crippen LogP contribution in [0, 0.1) is 5.92 Å². The van der Waals surface area contributed by atoms with Crippen LogP contribution in [0.15, 0.2) is 34.6 Å². The topological polar surface area (TPSA) is 97.4 Å². The van der Waals surface area contributed by atoms with Crippen LogP contribution in [0.4, 0.5) is 4.79 Å². The van der Waals surface area contributed by atoms with E-state index >= 15 is 0 Å². The molecule has 10 heteroatoms. The van der Waals surface area contributed by atoms with Gasteiger partial charge in [0.05, 0.1) is 19.9 Å². The number of fused-ring (bicyclic) bond motifs is 1. The molecule has 3 aliphatic heterocycles. The normalized spacial score (nSPS) is 21.6. The Bertz CT molecular complexity index is 988. The Morgan fingerprint density at radius 1 is 1.06 bits per heavy atom. The third kappa shape index (κ3) is 3.41. The minimum absolute atomic E-state index is 0.194. The van der Waals surface area contributed by atoms with Crippen LogP contribution in [0.3, 0.4) is 0 Å². The highest BCUT2D eigenvalue weighted by Crippen LogP contribution is 2.27. The van der Waals surface area contributed by atoms with Crippen molar-refractivity contribution in [2.45, 2.75) is 13.3 Å². The molecule has 0 N–H and O–H groups in total. The van der Waals surface area contributed by atoms with E-state index in [9.17, 15) is 19.2 Å². The number of urea groups is 1. The number of furan rings is 1. The van der Waals surface area contributed by atoms with E-state index in [1.54, 1.807) is 39.6 Å². The van der Waals surface area contributed by atoms with Crippen molar-refractivity contribution in [2.75, 3.05) is 46.8 Å². The number of imide groups is 1. The van der Waals surface area contributed by atoms with E-state index in [1.165, 1.54) is 18.2 Å². The first-order chi connectivity index (χ1) is 14.8. The average molecular weight is 428 g/mol. The van der Waals surface area contributed by atoms with Crippen molar-refractivity contribution in [2.24, 2.45) is 5.92 Å². The summed E-state index contributed by atoms with van der Waals surface area (Å²) in [5.41, 5.74) is 0.413. The van der Waals surface area contributed by atoms with Crippen molar-refractivity contribution in [3.8, 4) is 0 Å². The van der Waals surface area contributed by atoms with Gasteiger partial charge in [0.1, 0.15) is 0 Å². The zero-order valence-corrected chi connectivity index (χ0v) is 17.9. The molecule has 3 aliphatic rings. The number of amidine groups is 1. The summed E-state index contributed by atoms with van der Waals surface area (Å²) in [6.07, 6.45) is 3.87. The minimum atomic E-state index is -0.653. The number of amides is 5. The highest BCUT2D eigenvalue weighted by Gasteiger charge is 2.52. The van der Waals surface area contributed by atoms with E-state index in [0.29, 0.717) is 44.3 Å². The predicted octanol–water partition coefficient (Wildman–Crippen LogP) is 0.423. The molecule has 2 saturated heterocycles. The van der Waals surface area contributed by atoms with Crippen LogP contribution in [-0.4, -0.2) is 101 Å². The summed E-state index contributed by atoms with van der Waals surface area (Å²) < 4.78 is 6.97. The summed E-state index contributed by atoms with van der Waals surface area (Å²) in [4.78, 5) is 56.8. The Labute approximate surface area is 180 Å². The van der Waals surface area contributed by atoms with Gasteiger partial charge in [0.2, 0.25) is 0 Å². The van der Waals surface area contributed by atoms with Crippen LogP contribution in [-0.2, 0) is 9.59 Å². The van der Waals surface area contributed by atoms with Gasteiger partial charge in [-0.2, -0.15) is 4.90 Å². The number of carbonyl (C=O) groups excluding carboxylic acids is 4. The average Bonchev–Trinajstić information content (AvgIpc) is 3.44. The van der Waals surface area contributed by atoms with Gasteiger partial charge >= 0.3 is 6.03 Å². The quantitative estimate of drug-likeness (QED) is 0.648. The van der Waals surface area contributed by atoms with Gasteiger partial charge in [-0.15, -0.1) is 0 Å². The summed E-state index contributed by atoms with van der Waals surface area (Å²) >= 11 is 0. The molecule has 1 atom stereocenters. The number of hydrogen-bond donors (Lipinski definition) is 0. The van der Waals surface area contributed by atoms with Crippen molar-refractivity contribution < 1.29 is 28.2 Å². The Hall–Kier alpha value is -3.43. The lowest BCUT2D eigenvalue weighted by molar-refractivity contribution is -0.474. The summed E-state index contributed by atoms with van der Waals surface area (Å²) in [5, 5.41) is 0. The molecular weight excluding hydrogens is 402 g/mol. The molecule has 0 bridgehead atoms. The van der Waals surface area contributed by atoms with Crippen molar-refractivity contribution in [3.05, 3.63) is 35.9 Å². The molecule has 0 aromatic carbocycles. The van der Waals surface area contributed by atoms with E-state index in [2.05, 4.69) is 0 Å². The van der Waals surface area contributed by atoms with Crippen LogP contribution in [0.25, 0.3) is 0 Å². The molecule has 5 amide bonds. The molecule has 1 unspecified atom stereocenters. The second kappa shape index (κ2) is 8.01. The second-order valence-corrected chi connectivity index (χ2v) is 7.84. The van der Waals surface area contributed by atoms with Crippen LogP contribution in [0.2, 0.25) is 0 Å². The second-order valence-electron chi connectivity index (χ2n) is 7.84. The van der Waals surface area contributed by atoms with E-state index < -0.39 is 11.9 Å². The third-order valence-electron chi connectivity index (χ3n) is 5.94. The number of rotatable bonds is 4. The molecule has 2 fully saturated rings. The Morgan fingerprint density at radius 3 is 2.29 bits per heavy atom. The highest BCUT2D eigenvalue weighted by atomic mass is 16.3. The summed E-state index contributed by atoms with van der Waals surface area (Å²) in [7, 11) is 3.07. The molecule has 0 spiro atoms. The van der Waals surface area contributed by atoms with E-state index in [4.69, 9.17) is 4.42 Å². The summed E-state index contributed by atoms with van der Waals surface area (Å²) in [6.45, 7) is 4.05. The maximum absolute atomic E-state index is 13.4. The van der Waals surface area contributed by atoms with Gasteiger partial charge in [0, 0.05) is 33.2 Å². The van der Waals surface area contributed by atoms with E-state index in [0.717, 1.165) is 11.3 Å². The highest BCUT2D eigenvalue weighted by molar-refractivity contribution is 6.19. The molecule has 0 saturated carbocycles. The number of piperazine rings is 1. The summed E-state index contributed by atoms with van der Waals surface area (Å²) in [6, 6.07) is 2.88. The Kier molecular flexibility index (Phi) is 5.38. The van der Waals surface area contributed by atoms with E-state index in [1.807, 2.05) is 6.92 Å². The van der Waals surface area contributed by atoms with Crippen molar-refractivity contribution in [1.29, 1.82) is 0 Å². The van der Waals surface area contributed by atoms with Gasteiger partial charge in [0.15, 0.2) is 17.4 Å².